The summed E-state index contributed by atoms with van der Waals surface area (Å²) in [6.07, 6.45) is 28.2. The van der Waals surface area contributed by atoms with Crippen molar-refractivity contribution in [2.45, 2.75) is 181 Å². The zero-order valence-corrected chi connectivity index (χ0v) is 81.7. The van der Waals surface area contributed by atoms with Crippen LogP contribution >= 0.6 is 45.3 Å². The molecule has 12 aromatic rings. The molecule has 8 saturated heterocycles. The number of hydrogen-bond acceptors (Lipinski definition) is 39. The number of carbonyl (C=O) groups excluding carboxylic acids is 3. The van der Waals surface area contributed by atoms with Crippen LogP contribution in [0, 0.1) is 5.92 Å². The van der Waals surface area contributed by atoms with Gasteiger partial charge in [-0.25, -0.2) is 79.7 Å². The fourth-order valence-electron chi connectivity index (χ4n) is 18.9. The molecule has 8 fully saturated rings. The lowest BCUT2D eigenvalue weighted by atomic mass is 9.83. The SMILES string of the molecule is CC(C)(O)C(=O)N1CCN(Cc2csc3c(-c4cnc(N)nc4)nc(N4CCCCC4)nc23)CC1.CC(C)(O)C1CCN(Cc2csc3c(-c4cnc(N)nc4)nc(N4CCCCC4)nc23)CC1.C[C@@H](O)C(=O)N1CCN(Cc2csc3c(-c4cnc(N)nc4)nc(N4CCCCC4)nc23)CC1.C[C@H](O)C(=O)N1CCN(Cc2csc3c(-c4cnc(N)nc4)nc(N4CCCCC4)nc23)CC1. The summed E-state index contributed by atoms with van der Waals surface area (Å²) in [6, 6.07) is 0. The number of fused-ring (bicyclic) bond motifs is 4. The predicted molar refractivity (Wildman–Crippen MR) is 535 cm³/mol. The van der Waals surface area contributed by atoms with Crippen LogP contribution in [0.1, 0.15) is 154 Å². The largest absolute Gasteiger partial charge is 0.390 e. The van der Waals surface area contributed by atoms with E-state index in [-0.39, 0.29) is 41.5 Å². The van der Waals surface area contributed by atoms with Crippen molar-refractivity contribution in [3.8, 4) is 45.0 Å². The predicted octanol–water partition coefficient (Wildman–Crippen LogP) is 9.33. The van der Waals surface area contributed by atoms with Gasteiger partial charge in [-0.05, 0) is 172 Å². The number of piperidine rings is 5. The Morgan fingerprint density at radius 1 is 0.338 bits per heavy atom. The second kappa shape index (κ2) is 43.3. The molecule has 722 valence electrons. The number of nitrogens with zero attached hydrogens (tertiary/aromatic N) is 27. The molecular weight excluding hydrogens is 1800 g/mol. The highest BCUT2D eigenvalue weighted by atomic mass is 32.1. The number of carbonyl (C=O) groups is 3. The molecule has 0 spiro atoms. The van der Waals surface area contributed by atoms with Gasteiger partial charge in [0.1, 0.15) is 17.8 Å². The molecule has 8 aliphatic rings. The van der Waals surface area contributed by atoms with Gasteiger partial charge in [0.2, 0.25) is 47.6 Å². The number of thiophene rings is 4. The highest BCUT2D eigenvalue weighted by Gasteiger charge is 2.36. The Hall–Kier alpha value is -11.0. The lowest BCUT2D eigenvalue weighted by molar-refractivity contribution is -0.149. The van der Waals surface area contributed by atoms with E-state index in [2.05, 4.69) is 101 Å². The van der Waals surface area contributed by atoms with Gasteiger partial charge in [-0.3, -0.25) is 34.0 Å². The molecule has 20 rings (SSSR count). The molecule has 8 aliphatic heterocycles. The average molecular weight is 1930 g/mol. The van der Waals surface area contributed by atoms with Crippen LogP contribution in [0.5, 0.6) is 0 Å². The summed E-state index contributed by atoms with van der Waals surface area (Å²) >= 11 is 6.61. The molecule has 38 nitrogen and oxygen atoms in total. The van der Waals surface area contributed by atoms with Crippen molar-refractivity contribution in [1.82, 2.24) is 114 Å². The lowest BCUT2D eigenvalue weighted by Gasteiger charge is -2.37. The quantitative estimate of drug-likeness (QED) is 0.0352. The Kier molecular flexibility index (Phi) is 30.8. The maximum Gasteiger partial charge on any atom is 0.254 e. The zero-order valence-electron chi connectivity index (χ0n) is 78.5. The van der Waals surface area contributed by atoms with Crippen molar-refractivity contribution in [2.75, 3.05) is 187 Å². The van der Waals surface area contributed by atoms with E-state index in [4.69, 9.17) is 62.8 Å². The summed E-state index contributed by atoms with van der Waals surface area (Å²) in [5, 5.41) is 48.3. The van der Waals surface area contributed by atoms with Gasteiger partial charge < -0.3 is 77.7 Å². The molecule has 3 amide bonds. The van der Waals surface area contributed by atoms with Crippen molar-refractivity contribution >= 4 is 152 Å². The second-order valence-corrected chi connectivity index (χ2v) is 41.2. The Bertz CT molecular complexity index is 5880. The molecule has 136 heavy (non-hydrogen) atoms. The molecule has 12 aromatic heterocycles. The molecule has 0 aliphatic carbocycles. The number of nitrogen functional groups attached to an aromatic ring is 4. The van der Waals surface area contributed by atoms with Gasteiger partial charge in [-0.1, -0.05) is 0 Å². The molecule has 42 heteroatoms. The number of aromatic nitrogens is 16. The third-order valence-electron chi connectivity index (χ3n) is 26.7. The Morgan fingerprint density at radius 2 is 0.566 bits per heavy atom. The summed E-state index contributed by atoms with van der Waals surface area (Å²) in [4.78, 5) is 134. The van der Waals surface area contributed by atoms with E-state index in [9.17, 15) is 34.8 Å². The number of rotatable bonds is 20. The number of nitrogens with two attached hydrogens (primary N) is 4. The number of piperazine rings is 3. The molecule has 0 saturated carbocycles. The molecule has 0 bridgehead atoms. The van der Waals surface area contributed by atoms with Crippen molar-refractivity contribution in [3.05, 3.63) is 93.3 Å². The standard InChI is InChI=1S/C24H32N8O2S.C24H33N7OS.2C23H30N8O2S/c1-24(2,34)21(33)31-10-8-30(9-11-31)14-17-15-35-20-18(16-12-26-22(25)27-13-16)28-23(29-19(17)20)32-6-4-3-5-7-32;1-24(2,32)18-6-10-30(11-7-18)14-17-15-33-21-19(16-12-26-22(25)27-13-16)28-23(29-20(17)21)31-8-4-3-5-9-31;2*1-15(32)21(33)30-9-7-29(8-10-30)13-17-14-34-20-18(16-11-25-22(24)26-12-16)27-23(28-19(17)20)31-5-3-2-4-6-31/h12-13,15,34H,3-11,14H2,1-2H3,(H2,25,26,27);12-13,15,18,32H,3-11,14H2,1-2H3,(H2,25,26,27);2*11-12,14-15,32H,2-10,13H2,1H3,(H2,24,25,26)/t;;2*15-/m..10/s1. The number of likely N-dealkylation sites (tertiary alicyclic amines) is 1. The van der Waals surface area contributed by atoms with Crippen molar-refractivity contribution < 1.29 is 34.8 Å². The van der Waals surface area contributed by atoms with Gasteiger partial charge in [-0.15, -0.1) is 45.3 Å². The van der Waals surface area contributed by atoms with E-state index in [1.54, 1.807) is 123 Å². The van der Waals surface area contributed by atoms with Gasteiger partial charge >= 0.3 is 0 Å². The molecule has 20 heterocycles. The number of aliphatic hydroxyl groups excluding tert-OH is 2. The number of hydrogen-bond donors (Lipinski definition) is 8. The van der Waals surface area contributed by atoms with E-state index >= 15 is 0 Å². The molecule has 2 atom stereocenters. The first-order valence-corrected chi connectivity index (χ1v) is 51.2. The van der Waals surface area contributed by atoms with Crippen LogP contribution in [0.4, 0.5) is 47.6 Å². The average Bonchev–Trinajstić information content (AvgIpc) is 1.68. The van der Waals surface area contributed by atoms with Crippen molar-refractivity contribution in [2.24, 2.45) is 5.92 Å². The van der Waals surface area contributed by atoms with E-state index in [0.717, 1.165) is 309 Å². The van der Waals surface area contributed by atoms with Gasteiger partial charge in [0, 0.05) is 251 Å². The van der Waals surface area contributed by atoms with Crippen LogP contribution in [0.25, 0.3) is 85.9 Å². The monoisotopic (exact) mass is 1930 g/mol. The summed E-state index contributed by atoms with van der Waals surface area (Å²) in [7, 11) is 0. The summed E-state index contributed by atoms with van der Waals surface area (Å²) in [5.74, 6) is 3.80. The minimum absolute atomic E-state index is 0.199. The van der Waals surface area contributed by atoms with E-state index < -0.39 is 23.4 Å². The molecule has 12 N–H and O–H groups in total. The van der Waals surface area contributed by atoms with Crippen LogP contribution in [-0.4, -0.2) is 320 Å². The van der Waals surface area contributed by atoms with E-state index in [1.165, 1.54) is 57.9 Å². The van der Waals surface area contributed by atoms with Crippen molar-refractivity contribution in [3.63, 3.8) is 0 Å². The Morgan fingerprint density at radius 3 is 0.787 bits per heavy atom. The first-order valence-electron chi connectivity index (χ1n) is 47.7. The second-order valence-electron chi connectivity index (χ2n) is 37.6. The maximum absolute atomic E-state index is 12.4. The minimum Gasteiger partial charge on any atom is -0.390 e. The fraction of sp³-hybridized carbons (Fsp3) is 0.543. The number of aliphatic hydroxyl groups is 4. The number of anilines is 8. The summed E-state index contributed by atoms with van der Waals surface area (Å²) in [6.45, 7) is 31.1. The van der Waals surface area contributed by atoms with Gasteiger partial charge in [-0.2, -0.15) is 0 Å². The topological polar surface area (TPSA) is 478 Å². The van der Waals surface area contributed by atoms with Crippen LogP contribution in [0.2, 0.25) is 0 Å². The maximum atomic E-state index is 12.4. The van der Waals surface area contributed by atoms with E-state index in [0.29, 0.717) is 45.2 Å². The third-order valence-corrected chi connectivity index (χ3v) is 30.8. The summed E-state index contributed by atoms with van der Waals surface area (Å²) < 4.78 is 4.13. The smallest absolute Gasteiger partial charge is 0.254 e. The highest BCUT2D eigenvalue weighted by molar-refractivity contribution is 7.19. The van der Waals surface area contributed by atoms with Crippen LogP contribution in [-0.2, 0) is 40.6 Å². The van der Waals surface area contributed by atoms with Gasteiger partial charge in [0.25, 0.3) is 17.7 Å². The first kappa shape index (κ1) is 96.6. The van der Waals surface area contributed by atoms with Crippen LogP contribution < -0.4 is 42.5 Å². The number of amides is 3. The summed E-state index contributed by atoms with van der Waals surface area (Å²) in [5.41, 5.74) is 36.4. The molecule has 0 radical (unpaired) electrons. The van der Waals surface area contributed by atoms with Gasteiger partial charge in [0.15, 0.2) is 0 Å². The molecular formula is C94H125N31O7S4. The van der Waals surface area contributed by atoms with Crippen LogP contribution in [0.3, 0.4) is 0 Å². The normalized spacial score (nSPS) is 18.4. The highest BCUT2D eigenvalue weighted by Crippen LogP contribution is 2.42. The third kappa shape index (κ3) is 23.2. The first-order chi connectivity index (χ1) is 65.7. The Balaban J connectivity index is 0.000000126. The minimum atomic E-state index is -1.34. The zero-order chi connectivity index (χ0) is 94.9. The van der Waals surface area contributed by atoms with Crippen molar-refractivity contribution in [1.29, 1.82) is 0 Å². The lowest BCUT2D eigenvalue weighted by Crippen LogP contribution is -2.53. The molecule has 0 aromatic carbocycles. The fourth-order valence-corrected chi connectivity index (χ4v) is 22.9. The molecule has 0 unspecified atom stereocenters. The van der Waals surface area contributed by atoms with Crippen LogP contribution in [0.15, 0.2) is 71.1 Å². The van der Waals surface area contributed by atoms with Gasteiger partial charge in [0.05, 0.1) is 69.2 Å². The Labute approximate surface area is 807 Å². The van der Waals surface area contributed by atoms with E-state index in [1.807, 2.05) is 13.8 Å².